The predicted octanol–water partition coefficient (Wildman–Crippen LogP) is 3.96. The van der Waals surface area contributed by atoms with Crippen molar-refractivity contribution in [3.05, 3.63) is 87.9 Å². The summed E-state index contributed by atoms with van der Waals surface area (Å²) >= 11 is 9.27. The zero-order valence-corrected chi connectivity index (χ0v) is 19.8. The lowest BCUT2D eigenvalue weighted by molar-refractivity contribution is 0.102. The van der Waals surface area contributed by atoms with Crippen LogP contribution in [0.2, 0.25) is 10.0 Å². The molecule has 3 aromatic carbocycles. The van der Waals surface area contributed by atoms with Crippen LogP contribution in [0, 0.1) is 0 Å². The smallest absolute Gasteiger partial charge is 0.261 e. The number of hydrogen-bond donors (Lipinski definition) is 3. The van der Waals surface area contributed by atoms with Crippen LogP contribution >= 0.6 is 23.2 Å². The van der Waals surface area contributed by atoms with Gasteiger partial charge in [0.05, 0.1) is 28.0 Å². The Hall–Kier alpha value is -2.47. The number of aliphatic hydroxyl groups excluding tert-OH is 1. The van der Waals surface area contributed by atoms with Gasteiger partial charge in [-0.1, -0.05) is 35.3 Å². The SMILES string of the molecule is O=C(Nc1cccc(C(CO)S(=O)[O-])c1)c1cc(Cl)ccc1NS(=O)(=O)c1ccc(Cl)cc1. The van der Waals surface area contributed by atoms with E-state index in [4.69, 9.17) is 23.2 Å². The van der Waals surface area contributed by atoms with Crippen molar-refractivity contribution in [3.8, 4) is 0 Å². The molecule has 0 bridgehead atoms. The monoisotopic (exact) mass is 527 g/mol. The number of carbonyl (C=O) groups excluding carboxylic acids is 1. The number of amides is 1. The molecule has 3 rings (SSSR count). The van der Waals surface area contributed by atoms with Crippen LogP contribution in [0.25, 0.3) is 0 Å². The van der Waals surface area contributed by atoms with E-state index in [1.54, 1.807) is 0 Å². The van der Waals surface area contributed by atoms with Crippen molar-refractivity contribution in [1.29, 1.82) is 0 Å². The van der Waals surface area contributed by atoms with Crippen molar-refractivity contribution in [1.82, 2.24) is 0 Å². The van der Waals surface area contributed by atoms with Crippen LogP contribution in [0.1, 0.15) is 21.2 Å². The molecule has 0 saturated heterocycles. The number of rotatable bonds is 8. The molecule has 8 nitrogen and oxygen atoms in total. The molecule has 0 aliphatic rings. The standard InChI is InChI=1S/C21H18Cl2N2O6S2/c22-14-4-7-17(8-5-14)33(30,31)25-19-9-6-15(23)11-18(19)21(27)24-16-3-1-2-13(10-16)20(12-26)32(28)29/h1-11,20,25-26H,12H2,(H,24,27)(H,28,29)/p-1. The molecule has 0 fully saturated rings. The third-order valence-corrected chi connectivity index (χ3v) is 7.26. The lowest BCUT2D eigenvalue weighted by atomic mass is 10.1. The van der Waals surface area contributed by atoms with E-state index in [0.717, 1.165) is 0 Å². The molecule has 0 saturated carbocycles. The average molecular weight is 528 g/mol. The molecule has 0 aromatic heterocycles. The fraction of sp³-hybridized carbons (Fsp3) is 0.0952. The molecule has 0 heterocycles. The highest BCUT2D eigenvalue weighted by atomic mass is 35.5. The number of hydrogen-bond acceptors (Lipinski definition) is 6. The molecule has 12 heteroatoms. The van der Waals surface area contributed by atoms with Gasteiger partial charge in [0.1, 0.15) is 0 Å². The third kappa shape index (κ3) is 6.32. The maximum atomic E-state index is 12.9. The van der Waals surface area contributed by atoms with Gasteiger partial charge in [-0.2, -0.15) is 0 Å². The van der Waals surface area contributed by atoms with Gasteiger partial charge in [0.25, 0.3) is 15.9 Å². The average Bonchev–Trinajstić information content (AvgIpc) is 2.75. The summed E-state index contributed by atoms with van der Waals surface area (Å²) in [5.41, 5.74) is 0.444. The van der Waals surface area contributed by atoms with Crippen LogP contribution in [0.5, 0.6) is 0 Å². The van der Waals surface area contributed by atoms with Crippen molar-refractivity contribution < 1.29 is 27.1 Å². The molecule has 174 valence electrons. The summed E-state index contributed by atoms with van der Waals surface area (Å²) in [4.78, 5) is 12.9. The molecule has 33 heavy (non-hydrogen) atoms. The maximum Gasteiger partial charge on any atom is 0.261 e. The van der Waals surface area contributed by atoms with E-state index in [0.29, 0.717) is 5.02 Å². The summed E-state index contributed by atoms with van der Waals surface area (Å²) in [5, 5.41) is 11.3. The zero-order valence-electron chi connectivity index (χ0n) is 16.7. The van der Waals surface area contributed by atoms with Crippen LogP contribution in [0.3, 0.4) is 0 Å². The Labute approximate surface area is 202 Å². The summed E-state index contributed by atoms with van der Waals surface area (Å²) in [5.74, 6) is -0.688. The molecular formula is C21H17Cl2N2O6S2-. The molecule has 2 atom stereocenters. The minimum absolute atomic E-state index is 0.0168. The van der Waals surface area contributed by atoms with Gasteiger partial charge < -0.3 is 15.0 Å². The van der Waals surface area contributed by atoms with Gasteiger partial charge >= 0.3 is 0 Å². The third-order valence-electron chi connectivity index (χ3n) is 4.51. The van der Waals surface area contributed by atoms with E-state index in [1.165, 1.54) is 66.7 Å². The van der Waals surface area contributed by atoms with E-state index in [-0.39, 0.29) is 32.4 Å². The van der Waals surface area contributed by atoms with Crippen LogP contribution in [0.4, 0.5) is 11.4 Å². The summed E-state index contributed by atoms with van der Waals surface area (Å²) in [6.45, 7) is -0.627. The highest BCUT2D eigenvalue weighted by Crippen LogP contribution is 2.27. The Morgan fingerprint density at radius 3 is 2.33 bits per heavy atom. The number of anilines is 2. The highest BCUT2D eigenvalue weighted by Gasteiger charge is 2.20. The van der Waals surface area contributed by atoms with Gasteiger partial charge in [-0.25, -0.2) is 8.42 Å². The normalized spacial score (nSPS) is 13.2. The molecule has 3 aromatic rings. The lowest BCUT2D eigenvalue weighted by Gasteiger charge is -2.18. The lowest BCUT2D eigenvalue weighted by Crippen LogP contribution is -2.19. The Morgan fingerprint density at radius 1 is 1.03 bits per heavy atom. The molecule has 0 radical (unpaired) electrons. The van der Waals surface area contributed by atoms with Crippen molar-refractivity contribution in [2.24, 2.45) is 0 Å². The highest BCUT2D eigenvalue weighted by molar-refractivity contribution is 7.92. The van der Waals surface area contributed by atoms with Gasteiger partial charge in [0.15, 0.2) is 0 Å². The molecule has 3 N–H and O–H groups in total. The minimum Gasteiger partial charge on any atom is -0.772 e. The molecule has 1 amide bonds. The topological polar surface area (TPSA) is 136 Å². The van der Waals surface area contributed by atoms with Crippen molar-refractivity contribution in [3.63, 3.8) is 0 Å². The Morgan fingerprint density at radius 2 is 1.70 bits per heavy atom. The molecular weight excluding hydrogens is 511 g/mol. The minimum atomic E-state index is -4.03. The first-order valence-electron chi connectivity index (χ1n) is 9.29. The van der Waals surface area contributed by atoms with Crippen LogP contribution < -0.4 is 10.0 Å². The molecule has 0 spiro atoms. The summed E-state index contributed by atoms with van der Waals surface area (Å²) in [7, 11) is -4.03. The zero-order chi connectivity index (χ0) is 24.2. The second kappa shape index (κ2) is 10.6. The summed E-state index contributed by atoms with van der Waals surface area (Å²) < 4.78 is 50.5. The quantitative estimate of drug-likeness (QED) is 0.379. The molecule has 2 unspecified atom stereocenters. The number of nitrogens with one attached hydrogen (secondary N) is 2. The predicted molar refractivity (Wildman–Crippen MR) is 127 cm³/mol. The number of benzene rings is 3. The Kier molecular flexibility index (Phi) is 8.11. The Bertz CT molecular complexity index is 1300. The largest absolute Gasteiger partial charge is 0.772 e. The molecule has 0 aliphatic heterocycles. The molecule has 0 aliphatic carbocycles. The van der Waals surface area contributed by atoms with Gasteiger partial charge in [0.2, 0.25) is 0 Å². The van der Waals surface area contributed by atoms with Crippen LogP contribution in [-0.2, 0) is 21.1 Å². The van der Waals surface area contributed by atoms with Crippen molar-refractivity contribution in [2.75, 3.05) is 16.6 Å². The second-order valence-corrected chi connectivity index (χ2v) is 10.4. The first-order valence-corrected chi connectivity index (χ1v) is 12.7. The number of sulfonamides is 1. The van der Waals surface area contributed by atoms with Gasteiger partial charge in [-0.05, 0) is 71.2 Å². The van der Waals surface area contributed by atoms with E-state index in [9.17, 15) is 27.1 Å². The first kappa shape index (κ1) is 25.2. The Balaban J connectivity index is 1.90. The van der Waals surface area contributed by atoms with E-state index in [1.807, 2.05) is 0 Å². The van der Waals surface area contributed by atoms with Crippen LogP contribution in [-0.4, -0.2) is 34.8 Å². The van der Waals surface area contributed by atoms with Gasteiger partial charge in [0, 0.05) is 15.7 Å². The summed E-state index contributed by atoms with van der Waals surface area (Å²) in [6, 6.07) is 15.5. The van der Waals surface area contributed by atoms with Gasteiger partial charge in [-0.3, -0.25) is 13.7 Å². The van der Waals surface area contributed by atoms with Crippen molar-refractivity contribution >= 4 is 61.6 Å². The van der Waals surface area contributed by atoms with Crippen molar-refractivity contribution in [2.45, 2.75) is 10.1 Å². The van der Waals surface area contributed by atoms with Gasteiger partial charge in [-0.15, -0.1) is 0 Å². The second-order valence-electron chi connectivity index (χ2n) is 6.76. The first-order chi connectivity index (χ1) is 15.6. The fourth-order valence-electron chi connectivity index (χ4n) is 2.90. The van der Waals surface area contributed by atoms with Crippen LogP contribution in [0.15, 0.2) is 71.6 Å². The van der Waals surface area contributed by atoms with E-state index >= 15 is 0 Å². The maximum absolute atomic E-state index is 12.9. The fourth-order valence-corrected chi connectivity index (χ4v) is 4.77. The number of carbonyl (C=O) groups is 1. The summed E-state index contributed by atoms with van der Waals surface area (Å²) in [6.07, 6.45) is 0. The number of halogens is 2. The van der Waals surface area contributed by atoms with E-state index < -0.39 is 38.9 Å². The number of aliphatic hydroxyl groups is 1. The van der Waals surface area contributed by atoms with E-state index in [2.05, 4.69) is 10.0 Å².